The van der Waals surface area contributed by atoms with Gasteiger partial charge in [0, 0.05) is 0 Å². The monoisotopic (exact) mass is 435 g/mol. The van der Waals surface area contributed by atoms with Crippen LogP contribution < -0.4 is 0 Å². The Morgan fingerprint density at radius 3 is 2.00 bits per heavy atom. The Morgan fingerprint density at radius 1 is 0.636 bits per heavy atom. The molecule has 162 valence electrons. The smallest absolute Gasteiger partial charge is 0.285 e. The maximum Gasteiger partial charge on any atom is 0.285 e. The van der Waals surface area contributed by atoms with Gasteiger partial charge in [-0.15, -0.1) is 5.06 Å². The summed E-state index contributed by atoms with van der Waals surface area (Å²) in [4.78, 5) is 30.8. The lowest BCUT2D eigenvalue weighted by Gasteiger charge is -2.16. The average molecular weight is 435 g/mol. The van der Waals surface area contributed by atoms with Crippen molar-refractivity contribution in [3.63, 3.8) is 0 Å². The molecule has 0 unspecified atom stereocenters. The second kappa shape index (κ2) is 8.73. The second-order valence-electron chi connectivity index (χ2n) is 7.82. The number of hydrogen-bond donors (Lipinski definition) is 1. The van der Waals surface area contributed by atoms with Gasteiger partial charge in [-0.3, -0.25) is 14.4 Å². The van der Waals surface area contributed by atoms with E-state index < -0.39 is 11.8 Å². The number of carbonyl (C=O) groups excluding carboxylic acids is 2. The van der Waals surface area contributed by atoms with Gasteiger partial charge in [0.05, 0.1) is 17.7 Å². The van der Waals surface area contributed by atoms with E-state index in [0.717, 1.165) is 32.9 Å². The number of amides is 2. The van der Waals surface area contributed by atoms with E-state index in [-0.39, 0.29) is 12.4 Å². The summed E-state index contributed by atoms with van der Waals surface area (Å²) >= 11 is 0. The molecule has 0 fully saturated rings. The minimum Gasteiger partial charge on any atom is -0.508 e. The van der Waals surface area contributed by atoms with Gasteiger partial charge in [0.1, 0.15) is 5.75 Å². The first-order valence-corrected chi connectivity index (χ1v) is 10.7. The van der Waals surface area contributed by atoms with Crippen LogP contribution in [0.25, 0.3) is 22.3 Å². The van der Waals surface area contributed by atoms with E-state index in [4.69, 9.17) is 4.84 Å². The minimum atomic E-state index is -0.443. The normalized spacial score (nSPS) is 12.8. The number of fused-ring (bicyclic) bond motifs is 1. The van der Waals surface area contributed by atoms with Crippen LogP contribution in [0.4, 0.5) is 0 Å². The first-order valence-electron chi connectivity index (χ1n) is 10.7. The molecule has 0 bridgehead atoms. The first-order chi connectivity index (χ1) is 16.1. The fraction of sp³-hybridized carbons (Fsp3) is 0.0714. The molecular formula is C28H21NO4. The van der Waals surface area contributed by atoms with Crippen molar-refractivity contribution in [2.75, 3.05) is 6.61 Å². The predicted molar refractivity (Wildman–Crippen MR) is 126 cm³/mol. The largest absolute Gasteiger partial charge is 0.508 e. The molecule has 4 aromatic carbocycles. The lowest BCUT2D eigenvalue weighted by Crippen LogP contribution is -2.30. The van der Waals surface area contributed by atoms with Crippen molar-refractivity contribution in [1.82, 2.24) is 5.06 Å². The molecule has 0 saturated carbocycles. The van der Waals surface area contributed by atoms with Gasteiger partial charge in [-0.05, 0) is 58.5 Å². The van der Waals surface area contributed by atoms with Crippen LogP contribution in [0.3, 0.4) is 0 Å². The number of hydrogen-bond acceptors (Lipinski definition) is 4. The van der Waals surface area contributed by atoms with Crippen LogP contribution in [0.5, 0.6) is 5.75 Å². The topological polar surface area (TPSA) is 66.8 Å². The lowest BCUT2D eigenvalue weighted by molar-refractivity contribution is -0.0901. The zero-order valence-electron chi connectivity index (χ0n) is 17.8. The maximum atomic E-state index is 12.6. The van der Waals surface area contributed by atoms with E-state index in [1.54, 1.807) is 42.5 Å². The third-order valence-corrected chi connectivity index (χ3v) is 5.72. The van der Waals surface area contributed by atoms with Gasteiger partial charge in [0.15, 0.2) is 0 Å². The van der Waals surface area contributed by atoms with Gasteiger partial charge in [0.25, 0.3) is 11.8 Å². The van der Waals surface area contributed by atoms with Gasteiger partial charge in [-0.2, -0.15) is 0 Å². The Kier molecular flexibility index (Phi) is 5.47. The molecule has 2 amide bonds. The molecular weight excluding hydrogens is 414 g/mol. The summed E-state index contributed by atoms with van der Waals surface area (Å²) in [5, 5.41) is 10.8. The maximum absolute atomic E-state index is 12.6. The van der Waals surface area contributed by atoms with Crippen molar-refractivity contribution < 1.29 is 19.5 Å². The van der Waals surface area contributed by atoms with Crippen molar-refractivity contribution in [1.29, 1.82) is 0 Å². The summed E-state index contributed by atoms with van der Waals surface area (Å²) in [6.45, 7) is 0.148. The molecule has 0 saturated heterocycles. The summed E-state index contributed by atoms with van der Waals surface area (Å²) in [5.74, 6) is -0.698. The first kappa shape index (κ1) is 20.7. The quantitative estimate of drug-likeness (QED) is 0.406. The van der Waals surface area contributed by atoms with Crippen LogP contribution in [-0.4, -0.2) is 28.6 Å². The zero-order chi connectivity index (χ0) is 22.8. The Bertz CT molecular complexity index is 1310. The number of benzene rings is 4. The van der Waals surface area contributed by atoms with Crippen molar-refractivity contribution in [3.05, 3.63) is 114 Å². The summed E-state index contributed by atoms with van der Waals surface area (Å²) in [6, 6.07) is 30.0. The van der Waals surface area contributed by atoms with Crippen LogP contribution in [-0.2, 0) is 11.3 Å². The summed E-state index contributed by atoms with van der Waals surface area (Å²) in [5.41, 5.74) is 5.67. The van der Waals surface area contributed by atoms with Crippen molar-refractivity contribution in [2.45, 2.75) is 6.42 Å². The van der Waals surface area contributed by atoms with E-state index in [1.165, 1.54) is 0 Å². The average Bonchev–Trinajstić information content (AvgIpc) is 3.09. The highest BCUT2D eigenvalue weighted by molar-refractivity contribution is 6.20. The van der Waals surface area contributed by atoms with Crippen molar-refractivity contribution in [3.8, 4) is 28.0 Å². The van der Waals surface area contributed by atoms with Crippen molar-refractivity contribution in [2.24, 2.45) is 0 Å². The van der Waals surface area contributed by atoms with Gasteiger partial charge in [0.2, 0.25) is 0 Å². The molecule has 1 heterocycles. The fourth-order valence-electron chi connectivity index (χ4n) is 4.10. The Hall–Kier alpha value is -4.22. The summed E-state index contributed by atoms with van der Waals surface area (Å²) in [6.07, 6.45) is 0.471. The molecule has 0 aromatic heterocycles. The molecule has 5 nitrogen and oxygen atoms in total. The predicted octanol–water partition coefficient (Wildman–Crippen LogP) is 5.50. The van der Waals surface area contributed by atoms with Gasteiger partial charge in [-0.1, -0.05) is 72.8 Å². The number of phenols is 1. The summed E-state index contributed by atoms with van der Waals surface area (Å²) in [7, 11) is 0. The highest BCUT2D eigenvalue weighted by atomic mass is 16.7. The van der Waals surface area contributed by atoms with E-state index in [0.29, 0.717) is 17.5 Å². The fourth-order valence-corrected chi connectivity index (χ4v) is 4.10. The number of nitrogens with zero attached hydrogens (tertiary/aromatic N) is 1. The van der Waals surface area contributed by atoms with E-state index >= 15 is 0 Å². The molecule has 0 spiro atoms. The van der Waals surface area contributed by atoms with E-state index in [9.17, 15) is 14.7 Å². The van der Waals surface area contributed by atoms with Gasteiger partial charge in [-0.25, -0.2) is 0 Å². The number of aromatic hydroxyl groups is 1. The minimum absolute atomic E-state index is 0.148. The standard InChI is InChI=1S/C28H21NO4/c30-23-10-6-9-21(18-23)24-14-13-20(19-7-2-1-3-8-19)17-22(24)15-16-33-29-27(31)25-11-4-5-12-26(25)28(29)32/h1-14,17-18,30H,15-16H2. The van der Waals surface area contributed by atoms with Crippen LogP contribution >= 0.6 is 0 Å². The van der Waals surface area contributed by atoms with Crippen molar-refractivity contribution >= 4 is 11.8 Å². The Labute approximate surface area is 191 Å². The van der Waals surface area contributed by atoms with Crippen LogP contribution in [0.1, 0.15) is 26.3 Å². The molecule has 5 rings (SSSR count). The molecule has 4 aromatic rings. The van der Waals surface area contributed by atoms with Crippen LogP contribution in [0.15, 0.2) is 97.1 Å². The number of imide groups is 1. The third-order valence-electron chi connectivity index (χ3n) is 5.72. The van der Waals surface area contributed by atoms with Gasteiger partial charge < -0.3 is 5.11 Å². The van der Waals surface area contributed by atoms with E-state index in [2.05, 4.69) is 6.07 Å². The molecule has 5 heteroatoms. The summed E-state index contributed by atoms with van der Waals surface area (Å²) < 4.78 is 0. The molecule has 1 aliphatic rings. The van der Waals surface area contributed by atoms with Gasteiger partial charge >= 0.3 is 0 Å². The molecule has 0 atom stereocenters. The SMILES string of the molecule is O=C1c2ccccc2C(=O)N1OCCc1cc(-c2ccccc2)ccc1-c1cccc(O)c1. The third kappa shape index (κ3) is 4.02. The molecule has 0 radical (unpaired) electrons. The number of hydroxylamine groups is 2. The highest BCUT2D eigenvalue weighted by Gasteiger charge is 2.36. The molecule has 33 heavy (non-hydrogen) atoms. The molecule has 1 aliphatic heterocycles. The Balaban J connectivity index is 1.41. The Morgan fingerprint density at radius 2 is 1.30 bits per heavy atom. The highest BCUT2D eigenvalue weighted by Crippen LogP contribution is 2.31. The number of phenolic OH excluding ortho intramolecular Hbond substituents is 1. The number of carbonyl (C=O) groups is 2. The molecule has 1 N–H and O–H groups in total. The van der Waals surface area contributed by atoms with Crippen LogP contribution in [0, 0.1) is 0 Å². The zero-order valence-corrected chi connectivity index (χ0v) is 17.8. The lowest BCUT2D eigenvalue weighted by atomic mass is 9.93. The number of rotatable bonds is 6. The van der Waals surface area contributed by atoms with Crippen LogP contribution in [0.2, 0.25) is 0 Å². The molecule has 0 aliphatic carbocycles. The second-order valence-corrected chi connectivity index (χ2v) is 7.82. The van der Waals surface area contributed by atoms with E-state index in [1.807, 2.05) is 48.5 Å².